The van der Waals surface area contributed by atoms with Crippen LogP contribution in [0.25, 0.3) is 0 Å². The molecule has 0 aromatic carbocycles. The van der Waals surface area contributed by atoms with Crippen LogP contribution in [-0.2, 0) is 0 Å². The summed E-state index contributed by atoms with van der Waals surface area (Å²) >= 11 is 0. The van der Waals surface area contributed by atoms with Crippen LogP contribution in [0.4, 0.5) is 0 Å². The van der Waals surface area contributed by atoms with Gasteiger partial charge in [0.15, 0.2) is 0 Å². The largest absolute Gasteiger partial charge is 0.390 e. The fourth-order valence-corrected chi connectivity index (χ4v) is 1.72. The summed E-state index contributed by atoms with van der Waals surface area (Å²) in [7, 11) is 0. The Labute approximate surface area is 74.5 Å². The summed E-state index contributed by atoms with van der Waals surface area (Å²) in [4.78, 5) is 0. The maximum Gasteiger partial charge on any atom is 0.0622 e. The van der Waals surface area contributed by atoms with Gasteiger partial charge in [0.2, 0.25) is 0 Å². The van der Waals surface area contributed by atoms with E-state index in [1.54, 1.807) is 0 Å². The Hall–Kier alpha value is -0.340. The molecular formula is C10H19NO. The van der Waals surface area contributed by atoms with Gasteiger partial charge in [-0.3, -0.25) is 0 Å². The molecule has 1 aliphatic carbocycles. The lowest BCUT2D eigenvalue weighted by Gasteiger charge is -2.31. The zero-order chi connectivity index (χ0) is 9.19. The summed E-state index contributed by atoms with van der Waals surface area (Å²) in [5.41, 5.74) is 6.34. The molecule has 12 heavy (non-hydrogen) atoms. The van der Waals surface area contributed by atoms with Crippen LogP contribution in [0.3, 0.4) is 0 Å². The highest BCUT2D eigenvalue weighted by Gasteiger charge is 2.27. The molecule has 0 spiro atoms. The molecule has 1 atom stereocenters. The first-order valence-electron chi connectivity index (χ1n) is 4.64. The second-order valence-electron chi connectivity index (χ2n) is 4.19. The van der Waals surface area contributed by atoms with E-state index in [2.05, 4.69) is 6.08 Å². The van der Waals surface area contributed by atoms with Crippen molar-refractivity contribution in [2.75, 3.05) is 6.54 Å². The Kier molecular flexibility index (Phi) is 2.91. The Morgan fingerprint density at radius 2 is 2.33 bits per heavy atom. The summed E-state index contributed by atoms with van der Waals surface area (Å²) in [6.07, 6.45) is 5.31. The van der Waals surface area contributed by atoms with Crippen LogP contribution in [0.15, 0.2) is 11.6 Å². The van der Waals surface area contributed by atoms with Crippen LogP contribution < -0.4 is 5.73 Å². The number of rotatable bonds is 2. The predicted molar refractivity (Wildman–Crippen MR) is 50.8 cm³/mol. The first kappa shape index (κ1) is 9.75. The summed E-state index contributed by atoms with van der Waals surface area (Å²) in [6, 6.07) is 0. The van der Waals surface area contributed by atoms with Crippen LogP contribution in [0.2, 0.25) is 0 Å². The lowest BCUT2D eigenvalue weighted by molar-refractivity contribution is 0.0126. The van der Waals surface area contributed by atoms with Gasteiger partial charge in [0.1, 0.15) is 0 Å². The standard InChI is InChI=1S/C10H19NO/c1-10(2,12)9-5-3-8(7-11)4-6-9/h3,9,12H,4-7,11H2,1-2H3/t9-/m0/s1. The molecule has 1 rings (SSSR count). The molecule has 0 radical (unpaired) electrons. The molecule has 0 fully saturated rings. The molecule has 70 valence electrons. The minimum atomic E-state index is -0.531. The molecule has 1 aliphatic rings. The van der Waals surface area contributed by atoms with Crippen molar-refractivity contribution in [2.24, 2.45) is 11.7 Å². The quantitative estimate of drug-likeness (QED) is 0.614. The van der Waals surface area contributed by atoms with Gasteiger partial charge in [-0.1, -0.05) is 11.6 Å². The third-order valence-electron chi connectivity index (χ3n) is 2.77. The molecule has 0 heterocycles. The Balaban J connectivity index is 2.52. The molecule has 2 heteroatoms. The molecule has 0 amide bonds. The second kappa shape index (κ2) is 3.58. The first-order chi connectivity index (χ1) is 5.54. The second-order valence-corrected chi connectivity index (χ2v) is 4.19. The number of aliphatic hydroxyl groups is 1. The van der Waals surface area contributed by atoms with Crippen molar-refractivity contribution in [1.82, 2.24) is 0 Å². The smallest absolute Gasteiger partial charge is 0.0622 e. The number of allylic oxidation sites excluding steroid dienone is 1. The van der Waals surface area contributed by atoms with E-state index < -0.39 is 5.60 Å². The molecular weight excluding hydrogens is 150 g/mol. The van der Waals surface area contributed by atoms with Crippen molar-refractivity contribution >= 4 is 0 Å². The number of hydrogen-bond acceptors (Lipinski definition) is 2. The predicted octanol–water partition coefficient (Wildman–Crippen LogP) is 1.44. The maximum atomic E-state index is 9.74. The average Bonchev–Trinajstić information content (AvgIpc) is 2.03. The van der Waals surface area contributed by atoms with E-state index in [0.29, 0.717) is 12.5 Å². The Bertz CT molecular complexity index is 179. The molecule has 0 unspecified atom stereocenters. The van der Waals surface area contributed by atoms with Crippen molar-refractivity contribution in [3.05, 3.63) is 11.6 Å². The highest BCUT2D eigenvalue weighted by molar-refractivity contribution is 5.09. The van der Waals surface area contributed by atoms with Gasteiger partial charge in [0.25, 0.3) is 0 Å². The van der Waals surface area contributed by atoms with Gasteiger partial charge in [0, 0.05) is 6.54 Å². The van der Waals surface area contributed by atoms with Gasteiger partial charge in [0.05, 0.1) is 5.60 Å². The molecule has 0 aromatic rings. The minimum absolute atomic E-state index is 0.410. The highest BCUT2D eigenvalue weighted by Crippen LogP contribution is 2.31. The fraction of sp³-hybridized carbons (Fsp3) is 0.800. The van der Waals surface area contributed by atoms with Crippen LogP contribution >= 0.6 is 0 Å². The van der Waals surface area contributed by atoms with E-state index in [1.165, 1.54) is 5.57 Å². The average molecular weight is 169 g/mol. The Morgan fingerprint density at radius 1 is 1.67 bits per heavy atom. The minimum Gasteiger partial charge on any atom is -0.390 e. The zero-order valence-electron chi connectivity index (χ0n) is 8.01. The van der Waals surface area contributed by atoms with E-state index in [1.807, 2.05) is 13.8 Å². The molecule has 0 bridgehead atoms. The van der Waals surface area contributed by atoms with E-state index in [4.69, 9.17) is 5.73 Å². The maximum absolute atomic E-state index is 9.74. The van der Waals surface area contributed by atoms with Crippen LogP contribution in [0.1, 0.15) is 33.1 Å². The molecule has 0 aromatic heterocycles. The monoisotopic (exact) mass is 169 g/mol. The first-order valence-corrected chi connectivity index (χ1v) is 4.64. The molecule has 0 saturated carbocycles. The molecule has 3 N–H and O–H groups in total. The summed E-state index contributed by atoms with van der Waals surface area (Å²) in [6.45, 7) is 4.45. The van der Waals surface area contributed by atoms with Crippen LogP contribution in [-0.4, -0.2) is 17.3 Å². The van der Waals surface area contributed by atoms with Gasteiger partial charge in [-0.25, -0.2) is 0 Å². The van der Waals surface area contributed by atoms with Gasteiger partial charge < -0.3 is 10.8 Å². The zero-order valence-corrected chi connectivity index (χ0v) is 8.01. The topological polar surface area (TPSA) is 46.2 Å². The fourth-order valence-electron chi connectivity index (χ4n) is 1.72. The number of hydrogen-bond donors (Lipinski definition) is 2. The molecule has 0 saturated heterocycles. The molecule has 2 nitrogen and oxygen atoms in total. The third-order valence-corrected chi connectivity index (χ3v) is 2.77. The van der Waals surface area contributed by atoms with Crippen LogP contribution in [0.5, 0.6) is 0 Å². The van der Waals surface area contributed by atoms with Gasteiger partial charge in [-0.15, -0.1) is 0 Å². The van der Waals surface area contributed by atoms with Crippen molar-refractivity contribution in [3.8, 4) is 0 Å². The van der Waals surface area contributed by atoms with Gasteiger partial charge >= 0.3 is 0 Å². The van der Waals surface area contributed by atoms with E-state index >= 15 is 0 Å². The van der Waals surface area contributed by atoms with Crippen molar-refractivity contribution < 1.29 is 5.11 Å². The highest BCUT2D eigenvalue weighted by atomic mass is 16.3. The van der Waals surface area contributed by atoms with E-state index in [-0.39, 0.29) is 0 Å². The summed E-state index contributed by atoms with van der Waals surface area (Å²) in [5, 5.41) is 9.74. The number of nitrogens with two attached hydrogens (primary N) is 1. The van der Waals surface area contributed by atoms with Crippen molar-refractivity contribution in [3.63, 3.8) is 0 Å². The van der Waals surface area contributed by atoms with E-state index in [9.17, 15) is 5.11 Å². The van der Waals surface area contributed by atoms with Crippen LogP contribution in [0, 0.1) is 5.92 Å². The molecule has 0 aliphatic heterocycles. The van der Waals surface area contributed by atoms with Gasteiger partial charge in [-0.05, 0) is 39.0 Å². The lowest BCUT2D eigenvalue weighted by Crippen LogP contribution is -2.32. The summed E-state index contributed by atoms with van der Waals surface area (Å²) < 4.78 is 0. The SMILES string of the molecule is CC(C)(O)[C@H]1CC=C(CN)CC1. The van der Waals surface area contributed by atoms with Gasteiger partial charge in [-0.2, -0.15) is 0 Å². The van der Waals surface area contributed by atoms with Crippen molar-refractivity contribution in [2.45, 2.75) is 38.7 Å². The third kappa shape index (κ3) is 2.32. The Morgan fingerprint density at radius 3 is 2.67 bits per heavy atom. The lowest BCUT2D eigenvalue weighted by atomic mass is 9.79. The normalized spacial score (nSPS) is 25.3. The van der Waals surface area contributed by atoms with Crippen molar-refractivity contribution in [1.29, 1.82) is 0 Å². The van der Waals surface area contributed by atoms with E-state index in [0.717, 1.165) is 19.3 Å². The summed E-state index contributed by atoms with van der Waals surface area (Å²) in [5.74, 6) is 0.410.